The lowest BCUT2D eigenvalue weighted by atomic mass is 10.0. The summed E-state index contributed by atoms with van der Waals surface area (Å²) in [6, 6.07) is 4.84. The summed E-state index contributed by atoms with van der Waals surface area (Å²) < 4.78 is 18.4. The van der Waals surface area contributed by atoms with Crippen LogP contribution in [0.5, 0.6) is 0 Å². The molecule has 1 amide bonds. The summed E-state index contributed by atoms with van der Waals surface area (Å²) in [5, 5.41) is 6.19. The fourth-order valence-corrected chi connectivity index (χ4v) is 2.59. The van der Waals surface area contributed by atoms with E-state index < -0.39 is 0 Å². The second-order valence-electron chi connectivity index (χ2n) is 5.53. The Morgan fingerprint density at radius 1 is 1.52 bits per heavy atom. The standard InChI is InChI=1S/C16H23FN2O2/c1-21-11-14-8-13(2-4-15(14)17)10-19-16(20)5-3-12-6-7-18-9-12/h2,4,8,12,18H,3,5-7,9-11H2,1H3,(H,19,20). The molecule has 0 aliphatic carbocycles. The topological polar surface area (TPSA) is 50.4 Å². The van der Waals surface area contributed by atoms with Gasteiger partial charge in [0.15, 0.2) is 0 Å². The summed E-state index contributed by atoms with van der Waals surface area (Å²) in [5.41, 5.74) is 1.40. The molecule has 1 heterocycles. The van der Waals surface area contributed by atoms with Gasteiger partial charge in [0.2, 0.25) is 5.91 Å². The molecule has 2 N–H and O–H groups in total. The molecular formula is C16H23FN2O2. The van der Waals surface area contributed by atoms with E-state index in [9.17, 15) is 9.18 Å². The zero-order valence-corrected chi connectivity index (χ0v) is 12.5. The first-order chi connectivity index (χ1) is 10.2. The smallest absolute Gasteiger partial charge is 0.220 e. The summed E-state index contributed by atoms with van der Waals surface area (Å²) >= 11 is 0. The number of halogens is 1. The third-order valence-electron chi connectivity index (χ3n) is 3.84. The number of methoxy groups -OCH3 is 1. The van der Waals surface area contributed by atoms with Crippen molar-refractivity contribution in [2.75, 3.05) is 20.2 Å². The third-order valence-corrected chi connectivity index (χ3v) is 3.84. The lowest BCUT2D eigenvalue weighted by Crippen LogP contribution is -2.23. The maximum absolute atomic E-state index is 13.5. The highest BCUT2D eigenvalue weighted by molar-refractivity contribution is 5.75. The van der Waals surface area contributed by atoms with E-state index in [0.29, 0.717) is 24.4 Å². The molecular weight excluding hydrogens is 271 g/mol. The molecule has 0 spiro atoms. The fourth-order valence-electron chi connectivity index (χ4n) is 2.59. The van der Waals surface area contributed by atoms with Crippen molar-refractivity contribution in [3.05, 3.63) is 35.1 Å². The van der Waals surface area contributed by atoms with Gasteiger partial charge in [-0.1, -0.05) is 6.07 Å². The van der Waals surface area contributed by atoms with Gasteiger partial charge in [-0.15, -0.1) is 0 Å². The second-order valence-corrected chi connectivity index (χ2v) is 5.53. The SMILES string of the molecule is COCc1cc(CNC(=O)CCC2CCNC2)ccc1F. The van der Waals surface area contributed by atoms with Crippen molar-refractivity contribution >= 4 is 5.91 Å². The van der Waals surface area contributed by atoms with E-state index in [1.807, 2.05) is 0 Å². The molecule has 1 saturated heterocycles. The van der Waals surface area contributed by atoms with Crippen LogP contribution in [0.2, 0.25) is 0 Å². The summed E-state index contributed by atoms with van der Waals surface area (Å²) in [5.74, 6) is 0.398. The lowest BCUT2D eigenvalue weighted by Gasteiger charge is -2.10. The van der Waals surface area contributed by atoms with Gasteiger partial charge in [0.1, 0.15) is 5.82 Å². The number of carbonyl (C=O) groups excluding carboxylic acids is 1. The summed E-state index contributed by atoms with van der Waals surface area (Å²) in [6.07, 6.45) is 2.64. The molecule has 1 fully saturated rings. The Morgan fingerprint density at radius 3 is 3.10 bits per heavy atom. The van der Waals surface area contributed by atoms with E-state index in [-0.39, 0.29) is 18.3 Å². The average Bonchev–Trinajstić information content (AvgIpc) is 2.99. The summed E-state index contributed by atoms with van der Waals surface area (Å²) in [4.78, 5) is 11.8. The minimum absolute atomic E-state index is 0.0551. The molecule has 1 aliphatic heterocycles. The number of hydrogen-bond acceptors (Lipinski definition) is 3. The van der Waals surface area contributed by atoms with Crippen LogP contribution in [0.3, 0.4) is 0 Å². The lowest BCUT2D eigenvalue weighted by molar-refractivity contribution is -0.121. The molecule has 1 atom stereocenters. The maximum atomic E-state index is 13.5. The molecule has 0 saturated carbocycles. The van der Waals surface area contributed by atoms with Gasteiger partial charge in [-0.3, -0.25) is 4.79 Å². The molecule has 1 aromatic carbocycles. The van der Waals surface area contributed by atoms with E-state index in [0.717, 1.165) is 31.5 Å². The van der Waals surface area contributed by atoms with Crippen molar-refractivity contribution in [1.29, 1.82) is 0 Å². The Morgan fingerprint density at radius 2 is 2.38 bits per heavy atom. The fraction of sp³-hybridized carbons (Fsp3) is 0.562. The van der Waals surface area contributed by atoms with Crippen LogP contribution >= 0.6 is 0 Å². The van der Waals surface area contributed by atoms with Crippen LogP contribution in [0.15, 0.2) is 18.2 Å². The molecule has 21 heavy (non-hydrogen) atoms. The molecule has 5 heteroatoms. The van der Waals surface area contributed by atoms with Crippen LogP contribution in [0, 0.1) is 11.7 Å². The van der Waals surface area contributed by atoms with Crippen LogP contribution in [0.4, 0.5) is 4.39 Å². The summed E-state index contributed by atoms with van der Waals surface area (Å²) in [6.45, 7) is 2.75. The molecule has 2 rings (SSSR count). The van der Waals surface area contributed by atoms with Crippen molar-refractivity contribution in [2.45, 2.75) is 32.4 Å². The second kappa shape index (κ2) is 8.10. The Hall–Kier alpha value is -1.46. The maximum Gasteiger partial charge on any atom is 0.220 e. The monoisotopic (exact) mass is 294 g/mol. The first-order valence-electron chi connectivity index (χ1n) is 7.42. The number of hydrogen-bond donors (Lipinski definition) is 2. The van der Waals surface area contributed by atoms with E-state index in [4.69, 9.17) is 4.74 Å². The van der Waals surface area contributed by atoms with Crippen LogP contribution in [-0.2, 0) is 22.7 Å². The number of carbonyl (C=O) groups is 1. The third kappa shape index (κ3) is 5.10. The van der Waals surface area contributed by atoms with Crippen LogP contribution in [-0.4, -0.2) is 26.1 Å². The molecule has 4 nitrogen and oxygen atoms in total. The zero-order valence-electron chi connectivity index (χ0n) is 12.5. The van der Waals surface area contributed by atoms with Gasteiger partial charge in [-0.25, -0.2) is 4.39 Å². The van der Waals surface area contributed by atoms with Gasteiger partial charge in [0.25, 0.3) is 0 Å². The van der Waals surface area contributed by atoms with Gasteiger partial charge in [0.05, 0.1) is 6.61 Å². The van der Waals surface area contributed by atoms with Crippen LogP contribution in [0.1, 0.15) is 30.4 Å². The molecule has 1 unspecified atom stereocenters. The first kappa shape index (κ1) is 15.9. The van der Waals surface area contributed by atoms with Crippen molar-refractivity contribution in [1.82, 2.24) is 10.6 Å². The van der Waals surface area contributed by atoms with Crippen molar-refractivity contribution in [2.24, 2.45) is 5.92 Å². The number of nitrogens with one attached hydrogen (secondary N) is 2. The van der Waals surface area contributed by atoms with Crippen molar-refractivity contribution in [3.63, 3.8) is 0 Å². The minimum Gasteiger partial charge on any atom is -0.380 e. The van der Waals surface area contributed by atoms with E-state index >= 15 is 0 Å². The summed E-state index contributed by atoms with van der Waals surface area (Å²) in [7, 11) is 1.53. The highest BCUT2D eigenvalue weighted by Gasteiger charge is 2.15. The average molecular weight is 294 g/mol. The van der Waals surface area contributed by atoms with Gasteiger partial charge < -0.3 is 15.4 Å². The van der Waals surface area contributed by atoms with Crippen molar-refractivity contribution < 1.29 is 13.9 Å². The molecule has 116 valence electrons. The largest absolute Gasteiger partial charge is 0.380 e. The Labute approximate surface area is 125 Å². The minimum atomic E-state index is -0.277. The molecule has 0 aromatic heterocycles. The first-order valence-corrected chi connectivity index (χ1v) is 7.42. The van der Waals surface area contributed by atoms with Crippen LogP contribution < -0.4 is 10.6 Å². The molecule has 1 aliphatic rings. The number of benzene rings is 1. The van der Waals surface area contributed by atoms with Gasteiger partial charge in [-0.2, -0.15) is 0 Å². The highest BCUT2D eigenvalue weighted by Crippen LogP contribution is 2.14. The highest BCUT2D eigenvalue weighted by atomic mass is 19.1. The van der Waals surface area contributed by atoms with E-state index in [1.54, 1.807) is 12.1 Å². The molecule has 0 radical (unpaired) electrons. The normalized spacial score (nSPS) is 17.9. The zero-order chi connectivity index (χ0) is 15.1. The van der Waals surface area contributed by atoms with Gasteiger partial charge in [-0.05, 0) is 49.5 Å². The number of ether oxygens (including phenoxy) is 1. The van der Waals surface area contributed by atoms with Crippen molar-refractivity contribution in [3.8, 4) is 0 Å². The molecule has 0 bridgehead atoms. The Balaban J connectivity index is 1.76. The predicted octanol–water partition coefficient (Wildman–Crippen LogP) is 1.98. The van der Waals surface area contributed by atoms with E-state index in [2.05, 4.69) is 10.6 Å². The van der Waals surface area contributed by atoms with Crippen LogP contribution in [0.25, 0.3) is 0 Å². The number of rotatable bonds is 7. The Kier molecular flexibility index (Phi) is 6.14. The number of amides is 1. The predicted molar refractivity (Wildman–Crippen MR) is 79.2 cm³/mol. The van der Waals surface area contributed by atoms with Gasteiger partial charge >= 0.3 is 0 Å². The molecule has 1 aromatic rings. The Bertz CT molecular complexity index is 473. The van der Waals surface area contributed by atoms with E-state index in [1.165, 1.54) is 13.2 Å². The quantitative estimate of drug-likeness (QED) is 0.808. The van der Waals surface area contributed by atoms with Gasteiger partial charge in [0, 0.05) is 25.6 Å².